The van der Waals surface area contributed by atoms with E-state index in [1.165, 1.54) is 27.8 Å². The molecule has 174 valence electrons. The minimum absolute atomic E-state index is 0.167. The molecule has 0 spiro atoms. The molecule has 1 aromatic heterocycles. The van der Waals surface area contributed by atoms with Gasteiger partial charge < -0.3 is 4.74 Å². The molecule has 2 heterocycles. The summed E-state index contributed by atoms with van der Waals surface area (Å²) in [6, 6.07) is 23.6. The van der Waals surface area contributed by atoms with Crippen molar-refractivity contribution in [2.24, 2.45) is 0 Å². The summed E-state index contributed by atoms with van der Waals surface area (Å²) in [5.74, 6) is -0.238. The molecule has 1 amide bonds. The molecule has 0 radical (unpaired) electrons. The topological polar surface area (TPSA) is 79.8 Å². The van der Waals surface area contributed by atoms with Crippen LogP contribution in [0.15, 0.2) is 83.8 Å². The third-order valence-corrected chi connectivity index (χ3v) is 8.62. The second-order valence-corrected chi connectivity index (χ2v) is 10.8. The van der Waals surface area contributed by atoms with Gasteiger partial charge in [0.05, 0.1) is 34.9 Å². The van der Waals surface area contributed by atoms with Gasteiger partial charge in [-0.15, -0.1) is 0 Å². The van der Waals surface area contributed by atoms with Crippen molar-refractivity contribution in [3.8, 4) is 0 Å². The number of rotatable bonds is 6. The fourth-order valence-corrected chi connectivity index (χ4v) is 6.20. The second kappa shape index (κ2) is 9.63. The van der Waals surface area contributed by atoms with Gasteiger partial charge in [0, 0.05) is 18.7 Å². The third-order valence-electron chi connectivity index (χ3n) is 5.65. The number of anilines is 1. The smallest absolute Gasteiger partial charge is 0.260 e. The predicted molar refractivity (Wildman–Crippen MR) is 133 cm³/mol. The maximum Gasteiger partial charge on any atom is 0.260 e. The largest absolute Gasteiger partial charge is 0.379 e. The van der Waals surface area contributed by atoms with Crippen LogP contribution in [0, 0.1) is 0 Å². The van der Waals surface area contributed by atoms with Gasteiger partial charge in [-0.2, -0.15) is 4.31 Å². The maximum atomic E-state index is 13.6. The van der Waals surface area contributed by atoms with Crippen LogP contribution in [0.2, 0.25) is 0 Å². The Bertz CT molecular complexity index is 1360. The zero-order valence-electron chi connectivity index (χ0n) is 18.3. The van der Waals surface area contributed by atoms with Crippen LogP contribution in [0.5, 0.6) is 0 Å². The number of hydrogen-bond donors (Lipinski definition) is 0. The molecule has 5 rings (SSSR count). The van der Waals surface area contributed by atoms with Crippen LogP contribution in [-0.4, -0.2) is 49.9 Å². The van der Waals surface area contributed by atoms with Crippen molar-refractivity contribution in [1.82, 2.24) is 9.29 Å². The molecule has 1 aliphatic heterocycles. The number of carbonyl (C=O) groups excluding carboxylic acids is 1. The highest BCUT2D eigenvalue weighted by atomic mass is 32.2. The Kier molecular flexibility index (Phi) is 6.42. The van der Waals surface area contributed by atoms with Gasteiger partial charge in [-0.05, 0) is 42.0 Å². The van der Waals surface area contributed by atoms with Crippen LogP contribution in [0.4, 0.5) is 5.13 Å². The van der Waals surface area contributed by atoms with Crippen molar-refractivity contribution in [1.29, 1.82) is 0 Å². The van der Waals surface area contributed by atoms with Gasteiger partial charge in [-0.25, -0.2) is 13.4 Å². The van der Waals surface area contributed by atoms with Crippen molar-refractivity contribution < 1.29 is 17.9 Å². The van der Waals surface area contributed by atoms with E-state index in [0.29, 0.717) is 43.5 Å². The van der Waals surface area contributed by atoms with Gasteiger partial charge in [-0.1, -0.05) is 53.8 Å². The lowest BCUT2D eigenvalue weighted by atomic mass is 10.1. The number of morpholine rings is 1. The van der Waals surface area contributed by atoms with Crippen LogP contribution >= 0.6 is 11.3 Å². The molecular weight excluding hydrogens is 470 g/mol. The second-order valence-electron chi connectivity index (χ2n) is 7.88. The first kappa shape index (κ1) is 22.7. The number of ether oxygens (including phenoxy) is 1. The number of thiazole rings is 1. The fourth-order valence-electron chi connectivity index (χ4n) is 3.83. The van der Waals surface area contributed by atoms with Crippen LogP contribution < -0.4 is 4.90 Å². The van der Waals surface area contributed by atoms with Gasteiger partial charge in [0.2, 0.25) is 10.0 Å². The highest BCUT2D eigenvalue weighted by Gasteiger charge is 2.27. The first-order chi connectivity index (χ1) is 16.5. The first-order valence-electron chi connectivity index (χ1n) is 10.9. The number of aromatic nitrogens is 1. The number of hydrogen-bond acceptors (Lipinski definition) is 6. The molecule has 1 saturated heterocycles. The standard InChI is InChI=1S/C25H23N3O4S2/c29-24(20-10-12-21(13-11-20)34(30,31)27-14-16-32-17-15-27)28(18-19-6-2-1-3-7-19)25-26-22-8-4-5-9-23(22)33-25/h1-13H,14-18H2. The van der Waals surface area contributed by atoms with Gasteiger partial charge in [0.15, 0.2) is 5.13 Å². The molecule has 1 fully saturated rings. The number of para-hydroxylation sites is 1. The summed E-state index contributed by atoms with van der Waals surface area (Å²) in [7, 11) is -3.62. The lowest BCUT2D eigenvalue weighted by molar-refractivity contribution is 0.0730. The zero-order valence-corrected chi connectivity index (χ0v) is 20.0. The Morgan fingerprint density at radius 3 is 2.32 bits per heavy atom. The Hall–Kier alpha value is -3.11. The summed E-state index contributed by atoms with van der Waals surface area (Å²) in [6.07, 6.45) is 0. The summed E-state index contributed by atoms with van der Waals surface area (Å²) in [6.45, 7) is 1.77. The Morgan fingerprint density at radius 1 is 0.941 bits per heavy atom. The molecule has 0 atom stereocenters. The lowest BCUT2D eigenvalue weighted by Crippen LogP contribution is -2.40. The van der Waals surface area contributed by atoms with Crippen molar-refractivity contribution >= 4 is 42.6 Å². The Morgan fingerprint density at radius 2 is 1.62 bits per heavy atom. The maximum absolute atomic E-state index is 13.6. The molecule has 3 aromatic carbocycles. The lowest BCUT2D eigenvalue weighted by Gasteiger charge is -2.26. The number of nitrogens with zero attached hydrogens (tertiary/aromatic N) is 3. The van der Waals surface area contributed by atoms with E-state index in [1.807, 2.05) is 54.6 Å². The SMILES string of the molecule is O=C(c1ccc(S(=O)(=O)N2CCOCC2)cc1)N(Cc1ccccc1)c1nc2ccccc2s1. The number of fused-ring (bicyclic) bond motifs is 1. The van der Waals surface area contributed by atoms with Gasteiger partial charge >= 0.3 is 0 Å². The fraction of sp³-hybridized carbons (Fsp3) is 0.200. The van der Waals surface area contributed by atoms with E-state index in [1.54, 1.807) is 17.0 Å². The van der Waals surface area contributed by atoms with Crippen LogP contribution in [0.3, 0.4) is 0 Å². The van der Waals surface area contributed by atoms with Crippen molar-refractivity contribution in [2.75, 3.05) is 31.2 Å². The Balaban J connectivity index is 1.46. The Labute approximate surface area is 202 Å². The highest BCUT2D eigenvalue weighted by molar-refractivity contribution is 7.89. The van der Waals surface area contributed by atoms with Crippen LogP contribution in [0.25, 0.3) is 10.2 Å². The molecule has 0 bridgehead atoms. The third kappa shape index (κ3) is 4.60. The average molecular weight is 494 g/mol. The minimum atomic E-state index is -3.62. The average Bonchev–Trinajstić information content (AvgIpc) is 3.32. The quantitative estimate of drug-likeness (QED) is 0.403. The van der Waals surface area contributed by atoms with Crippen LogP contribution in [0.1, 0.15) is 15.9 Å². The summed E-state index contributed by atoms with van der Waals surface area (Å²) < 4.78 is 33.5. The minimum Gasteiger partial charge on any atom is -0.379 e. The monoisotopic (exact) mass is 493 g/mol. The van der Waals surface area contributed by atoms with Gasteiger partial charge in [0.1, 0.15) is 0 Å². The summed E-state index contributed by atoms with van der Waals surface area (Å²) in [5.41, 5.74) is 2.21. The van der Waals surface area contributed by atoms with E-state index in [-0.39, 0.29) is 10.8 Å². The number of carbonyl (C=O) groups is 1. The highest BCUT2D eigenvalue weighted by Crippen LogP contribution is 2.31. The summed E-state index contributed by atoms with van der Waals surface area (Å²) in [4.78, 5) is 20.1. The molecule has 0 N–H and O–H groups in total. The molecule has 9 heteroatoms. The molecule has 0 unspecified atom stereocenters. The van der Waals surface area contributed by atoms with E-state index in [2.05, 4.69) is 4.98 Å². The molecule has 0 aliphatic carbocycles. The normalized spacial score (nSPS) is 14.8. The molecule has 34 heavy (non-hydrogen) atoms. The number of amides is 1. The molecule has 7 nitrogen and oxygen atoms in total. The summed E-state index contributed by atoms with van der Waals surface area (Å²) in [5, 5.41) is 0.597. The van der Waals surface area contributed by atoms with E-state index in [4.69, 9.17) is 4.74 Å². The van der Waals surface area contributed by atoms with Gasteiger partial charge in [0.25, 0.3) is 5.91 Å². The first-order valence-corrected chi connectivity index (χ1v) is 13.2. The predicted octanol–water partition coefficient (Wildman–Crippen LogP) is 4.16. The van der Waals surface area contributed by atoms with E-state index in [9.17, 15) is 13.2 Å². The van der Waals surface area contributed by atoms with E-state index < -0.39 is 10.0 Å². The molecular formula is C25H23N3O4S2. The van der Waals surface area contributed by atoms with E-state index >= 15 is 0 Å². The van der Waals surface area contributed by atoms with Crippen molar-refractivity contribution in [3.63, 3.8) is 0 Å². The van der Waals surface area contributed by atoms with E-state index in [0.717, 1.165) is 15.8 Å². The van der Waals surface area contributed by atoms with Gasteiger partial charge in [-0.3, -0.25) is 9.69 Å². The molecule has 1 aliphatic rings. The van der Waals surface area contributed by atoms with Crippen molar-refractivity contribution in [3.05, 3.63) is 90.0 Å². The number of sulfonamides is 1. The number of benzene rings is 3. The summed E-state index contributed by atoms with van der Waals surface area (Å²) >= 11 is 1.45. The van der Waals surface area contributed by atoms with Crippen LogP contribution in [-0.2, 0) is 21.3 Å². The molecule has 4 aromatic rings. The van der Waals surface area contributed by atoms with Crippen molar-refractivity contribution in [2.45, 2.75) is 11.4 Å². The zero-order chi connectivity index (χ0) is 23.5. The molecule has 0 saturated carbocycles.